The molecule has 0 aliphatic carbocycles. The maximum atomic E-state index is 12.8. The molecule has 1 amide bonds. The number of fused-ring (bicyclic) bond motifs is 1. The number of benzene rings is 1. The van der Waals surface area contributed by atoms with Crippen LogP contribution < -0.4 is 21.5 Å². The van der Waals surface area contributed by atoms with Crippen molar-refractivity contribution in [3.63, 3.8) is 0 Å². The lowest BCUT2D eigenvalue weighted by molar-refractivity contribution is 0.0974. The highest BCUT2D eigenvalue weighted by molar-refractivity contribution is 6.08. The molecule has 2 atom stereocenters. The largest absolute Gasteiger partial charge is 0.369 e. The number of nitrogens with zero attached hydrogens (tertiary/aromatic N) is 2. The third-order valence-corrected chi connectivity index (χ3v) is 3.89. The van der Waals surface area contributed by atoms with Crippen molar-refractivity contribution in [1.82, 2.24) is 9.97 Å². The summed E-state index contributed by atoms with van der Waals surface area (Å²) in [6, 6.07) is 8.59. The van der Waals surface area contributed by atoms with Gasteiger partial charge in [-0.1, -0.05) is 18.2 Å². The normalized spacial score (nSPS) is 20.2. The second-order valence-electron chi connectivity index (χ2n) is 5.36. The van der Waals surface area contributed by atoms with Crippen LogP contribution in [0.4, 0.5) is 17.5 Å². The molecule has 4 N–H and O–H groups in total. The monoisotopic (exact) mass is 299 g/mol. The van der Waals surface area contributed by atoms with Crippen molar-refractivity contribution in [1.29, 1.82) is 0 Å². The number of aromatic amines is 1. The van der Waals surface area contributed by atoms with Gasteiger partial charge in [-0.05, 0) is 26.0 Å². The third-order valence-electron chi connectivity index (χ3n) is 3.89. The molecule has 0 saturated heterocycles. The van der Waals surface area contributed by atoms with Gasteiger partial charge < -0.3 is 11.1 Å². The summed E-state index contributed by atoms with van der Waals surface area (Å²) in [5.74, 6) is 0.112. The Labute approximate surface area is 127 Å². The second-order valence-corrected chi connectivity index (χ2v) is 5.36. The van der Waals surface area contributed by atoms with Crippen LogP contribution in [0.15, 0.2) is 35.1 Å². The number of rotatable bonds is 1. The first-order valence-electron chi connectivity index (χ1n) is 7.04. The molecule has 114 valence electrons. The van der Waals surface area contributed by atoms with Crippen LogP contribution in [0, 0.1) is 0 Å². The maximum absolute atomic E-state index is 12.8. The second kappa shape index (κ2) is 5.18. The van der Waals surface area contributed by atoms with Gasteiger partial charge in [-0.2, -0.15) is 4.98 Å². The highest BCUT2D eigenvalue weighted by Gasteiger charge is 2.36. The first kappa shape index (κ1) is 14.1. The van der Waals surface area contributed by atoms with E-state index in [2.05, 4.69) is 15.3 Å². The molecule has 22 heavy (non-hydrogen) atoms. The van der Waals surface area contributed by atoms with Crippen LogP contribution in [0.1, 0.15) is 24.2 Å². The van der Waals surface area contributed by atoms with Gasteiger partial charge in [0.15, 0.2) is 11.5 Å². The van der Waals surface area contributed by atoms with Crippen LogP contribution in [0.3, 0.4) is 0 Å². The van der Waals surface area contributed by atoms with Crippen LogP contribution in [-0.2, 0) is 0 Å². The molecule has 0 spiro atoms. The Balaban J connectivity index is 2.15. The summed E-state index contributed by atoms with van der Waals surface area (Å²) in [6.45, 7) is 3.81. The summed E-state index contributed by atoms with van der Waals surface area (Å²) < 4.78 is 0. The molecule has 0 unspecified atom stereocenters. The average Bonchev–Trinajstić information content (AvgIpc) is 2.49. The molecule has 0 fully saturated rings. The molecule has 1 aromatic carbocycles. The third kappa shape index (κ3) is 2.20. The van der Waals surface area contributed by atoms with E-state index in [1.165, 1.54) is 4.90 Å². The zero-order valence-corrected chi connectivity index (χ0v) is 12.3. The zero-order valence-electron chi connectivity index (χ0n) is 12.3. The van der Waals surface area contributed by atoms with E-state index in [4.69, 9.17) is 5.73 Å². The quantitative estimate of drug-likeness (QED) is 0.734. The van der Waals surface area contributed by atoms with Crippen LogP contribution in [0.25, 0.3) is 0 Å². The van der Waals surface area contributed by atoms with E-state index >= 15 is 0 Å². The molecular formula is C15H17N5O2. The van der Waals surface area contributed by atoms with Crippen molar-refractivity contribution >= 4 is 23.4 Å². The van der Waals surface area contributed by atoms with Crippen molar-refractivity contribution in [2.45, 2.75) is 25.9 Å². The Bertz CT molecular complexity index is 771. The number of hydrogen-bond acceptors (Lipinski definition) is 5. The van der Waals surface area contributed by atoms with Gasteiger partial charge in [0.25, 0.3) is 11.5 Å². The number of aromatic nitrogens is 2. The standard InChI is InChI=1S/C15H17N5O2/c1-8-9(2)20(14(22)10-6-4-3-5-7-10)11-12(17-8)18-15(16)19-13(11)21/h3-9H,1-2H3,(H4,16,17,18,19,21)/t8-,9-/m1/s1. The number of nitrogens with one attached hydrogen (secondary N) is 2. The highest BCUT2D eigenvalue weighted by Crippen LogP contribution is 2.30. The molecule has 0 saturated carbocycles. The average molecular weight is 299 g/mol. The summed E-state index contributed by atoms with van der Waals surface area (Å²) >= 11 is 0. The van der Waals surface area contributed by atoms with Crippen LogP contribution in [0.2, 0.25) is 0 Å². The maximum Gasteiger partial charge on any atom is 0.278 e. The Morgan fingerprint density at radius 2 is 1.95 bits per heavy atom. The van der Waals surface area contributed by atoms with Gasteiger partial charge >= 0.3 is 0 Å². The molecular weight excluding hydrogens is 282 g/mol. The number of anilines is 3. The Kier molecular flexibility index (Phi) is 3.32. The molecule has 7 heteroatoms. The summed E-state index contributed by atoms with van der Waals surface area (Å²) in [4.78, 5) is 33.1. The smallest absolute Gasteiger partial charge is 0.278 e. The SMILES string of the molecule is C[C@@H]1[C@@H](C)Nc2nc(N)[nH]c(=O)c2N1C(=O)c1ccccc1. The molecule has 7 nitrogen and oxygen atoms in total. The van der Waals surface area contributed by atoms with E-state index in [9.17, 15) is 9.59 Å². The minimum absolute atomic E-state index is 0.0186. The van der Waals surface area contributed by atoms with Crippen molar-refractivity contribution in [3.8, 4) is 0 Å². The molecule has 1 aliphatic heterocycles. The van der Waals surface area contributed by atoms with Crippen molar-refractivity contribution in [2.24, 2.45) is 0 Å². The molecule has 0 bridgehead atoms. The van der Waals surface area contributed by atoms with Gasteiger partial charge in [0.05, 0.1) is 6.04 Å². The van der Waals surface area contributed by atoms with Gasteiger partial charge in [-0.15, -0.1) is 0 Å². The minimum atomic E-state index is -0.432. The fourth-order valence-corrected chi connectivity index (χ4v) is 2.58. The molecule has 1 aromatic heterocycles. The Hall–Kier alpha value is -2.83. The molecule has 3 rings (SSSR count). The lowest BCUT2D eigenvalue weighted by Crippen LogP contribution is -2.53. The number of carbonyl (C=O) groups is 1. The van der Waals surface area contributed by atoms with E-state index in [-0.39, 0.29) is 29.6 Å². The number of hydrogen-bond donors (Lipinski definition) is 3. The molecule has 1 aliphatic rings. The summed E-state index contributed by atoms with van der Waals surface area (Å²) in [6.07, 6.45) is 0. The summed E-state index contributed by atoms with van der Waals surface area (Å²) in [5.41, 5.74) is 5.87. The Morgan fingerprint density at radius 1 is 1.27 bits per heavy atom. The van der Waals surface area contributed by atoms with E-state index in [0.29, 0.717) is 11.4 Å². The lowest BCUT2D eigenvalue weighted by Gasteiger charge is -2.38. The summed E-state index contributed by atoms with van der Waals surface area (Å²) in [5, 5.41) is 3.12. The molecule has 2 aromatic rings. The van der Waals surface area contributed by atoms with E-state index in [1.54, 1.807) is 24.3 Å². The first-order chi connectivity index (χ1) is 10.5. The molecule has 2 heterocycles. The van der Waals surface area contributed by atoms with Gasteiger partial charge in [-0.3, -0.25) is 19.5 Å². The number of carbonyl (C=O) groups excluding carboxylic acids is 1. The first-order valence-corrected chi connectivity index (χ1v) is 7.04. The van der Waals surface area contributed by atoms with Gasteiger partial charge in [-0.25, -0.2) is 0 Å². The summed E-state index contributed by atoms with van der Waals surface area (Å²) in [7, 11) is 0. The zero-order chi connectivity index (χ0) is 15.9. The van der Waals surface area contributed by atoms with Crippen LogP contribution >= 0.6 is 0 Å². The van der Waals surface area contributed by atoms with Crippen molar-refractivity contribution < 1.29 is 4.79 Å². The van der Waals surface area contributed by atoms with E-state index < -0.39 is 5.56 Å². The fraction of sp³-hybridized carbons (Fsp3) is 0.267. The fourth-order valence-electron chi connectivity index (χ4n) is 2.58. The molecule has 0 radical (unpaired) electrons. The van der Waals surface area contributed by atoms with Gasteiger partial charge in [0.1, 0.15) is 0 Å². The van der Waals surface area contributed by atoms with E-state index in [0.717, 1.165) is 0 Å². The number of H-pyrrole nitrogens is 1. The van der Waals surface area contributed by atoms with Crippen molar-refractivity contribution in [2.75, 3.05) is 16.0 Å². The number of nitrogens with two attached hydrogens (primary N) is 1. The topological polar surface area (TPSA) is 104 Å². The predicted octanol–water partition coefficient (Wildman–Crippen LogP) is 1.20. The highest BCUT2D eigenvalue weighted by atomic mass is 16.2. The van der Waals surface area contributed by atoms with Gasteiger partial charge in [0, 0.05) is 11.6 Å². The number of nitrogen functional groups attached to an aromatic ring is 1. The number of amides is 1. The predicted molar refractivity (Wildman–Crippen MR) is 85.1 cm³/mol. The Morgan fingerprint density at radius 3 is 2.64 bits per heavy atom. The van der Waals surface area contributed by atoms with Crippen LogP contribution in [0.5, 0.6) is 0 Å². The van der Waals surface area contributed by atoms with Crippen LogP contribution in [-0.4, -0.2) is 28.0 Å². The van der Waals surface area contributed by atoms with Crippen molar-refractivity contribution in [3.05, 3.63) is 46.2 Å². The van der Waals surface area contributed by atoms with Gasteiger partial charge in [0.2, 0.25) is 5.95 Å². The lowest BCUT2D eigenvalue weighted by atomic mass is 10.0. The van der Waals surface area contributed by atoms with E-state index in [1.807, 2.05) is 19.9 Å². The minimum Gasteiger partial charge on any atom is -0.369 e.